The number of ether oxygens (including phenoxy) is 1. The molecule has 0 aliphatic heterocycles. The molecular weight excluding hydrogens is 554 g/mol. The molecule has 0 fully saturated rings. The highest BCUT2D eigenvalue weighted by atomic mass is 16.6. The molecule has 8 heteroatoms. The summed E-state index contributed by atoms with van der Waals surface area (Å²) in [5, 5.41) is 15.8. The van der Waals surface area contributed by atoms with Crippen LogP contribution in [0.5, 0.6) is 5.75 Å². The van der Waals surface area contributed by atoms with E-state index in [0.29, 0.717) is 6.54 Å². The first kappa shape index (κ1) is 36.6. The third-order valence-corrected chi connectivity index (χ3v) is 7.55. The number of carbonyl (C=O) groups is 3. The summed E-state index contributed by atoms with van der Waals surface area (Å²) in [5.74, 6) is -0.482. The highest BCUT2D eigenvalue weighted by molar-refractivity contribution is 5.92. The zero-order valence-electron chi connectivity index (χ0n) is 28.2. The van der Waals surface area contributed by atoms with Crippen LogP contribution in [0.25, 0.3) is 0 Å². The molecule has 44 heavy (non-hydrogen) atoms. The van der Waals surface area contributed by atoms with Gasteiger partial charge < -0.3 is 25.4 Å². The number of hydrogen-bond donors (Lipinski definition) is 3. The Balaban J connectivity index is 2.62. The number of aryl methyl sites for hydroxylation is 2. The van der Waals surface area contributed by atoms with Gasteiger partial charge in [-0.1, -0.05) is 81.8 Å². The lowest BCUT2D eigenvalue weighted by Crippen LogP contribution is -2.54. The van der Waals surface area contributed by atoms with Crippen LogP contribution in [0.3, 0.4) is 0 Å². The summed E-state index contributed by atoms with van der Waals surface area (Å²) in [6, 6.07) is 10.6. The monoisotopic (exact) mass is 609 g/mol. The molecule has 0 aliphatic carbocycles. The van der Waals surface area contributed by atoms with E-state index >= 15 is 0 Å². The first-order valence-electron chi connectivity index (χ1n) is 16.2. The number of amides is 3. The molecule has 2 aromatic rings. The topological polar surface area (TPSA) is 108 Å². The van der Waals surface area contributed by atoms with Gasteiger partial charge in [0.1, 0.15) is 23.4 Å². The Morgan fingerprint density at radius 2 is 1.57 bits per heavy atom. The summed E-state index contributed by atoms with van der Waals surface area (Å²) in [6.45, 7) is 15.8. The minimum Gasteiger partial charge on any atom is -0.508 e. The number of rotatable bonds is 16. The van der Waals surface area contributed by atoms with Crippen molar-refractivity contribution >= 4 is 17.9 Å². The molecule has 2 aromatic carbocycles. The minimum absolute atomic E-state index is 0.0608. The van der Waals surface area contributed by atoms with Crippen LogP contribution in [0.1, 0.15) is 115 Å². The van der Waals surface area contributed by atoms with Crippen LogP contribution in [-0.2, 0) is 20.7 Å². The van der Waals surface area contributed by atoms with Gasteiger partial charge in [-0.3, -0.25) is 9.59 Å². The molecule has 0 aromatic heterocycles. The van der Waals surface area contributed by atoms with Gasteiger partial charge in [0.15, 0.2) is 0 Å². The fourth-order valence-corrected chi connectivity index (χ4v) is 5.30. The first-order valence-corrected chi connectivity index (χ1v) is 16.2. The fourth-order valence-electron chi connectivity index (χ4n) is 5.30. The number of nitrogens with zero attached hydrogens (tertiary/aromatic N) is 1. The van der Waals surface area contributed by atoms with Gasteiger partial charge in [-0.05, 0) is 83.2 Å². The van der Waals surface area contributed by atoms with E-state index in [1.807, 2.05) is 39.0 Å². The Labute approximate surface area is 264 Å². The van der Waals surface area contributed by atoms with Crippen molar-refractivity contribution in [3.8, 4) is 5.75 Å². The van der Waals surface area contributed by atoms with Gasteiger partial charge in [-0.25, -0.2) is 4.79 Å². The Morgan fingerprint density at radius 3 is 2.18 bits per heavy atom. The molecule has 3 N–H and O–H groups in total. The van der Waals surface area contributed by atoms with Crippen LogP contribution in [-0.4, -0.2) is 52.1 Å². The summed E-state index contributed by atoms with van der Waals surface area (Å²) in [7, 11) is 0. The molecule has 8 nitrogen and oxygen atoms in total. The summed E-state index contributed by atoms with van der Waals surface area (Å²) in [6.07, 6.45) is 6.09. The second-order valence-corrected chi connectivity index (χ2v) is 13.0. The molecule has 0 spiro atoms. The van der Waals surface area contributed by atoms with Gasteiger partial charge in [0.05, 0.1) is 0 Å². The number of unbranched alkanes of at least 4 members (excludes halogenated alkanes) is 4. The van der Waals surface area contributed by atoms with Gasteiger partial charge in [0, 0.05) is 19.0 Å². The predicted octanol–water partition coefficient (Wildman–Crippen LogP) is 7.29. The van der Waals surface area contributed by atoms with E-state index in [2.05, 4.69) is 24.5 Å². The minimum atomic E-state index is -1.00. The summed E-state index contributed by atoms with van der Waals surface area (Å²) in [4.78, 5) is 43.5. The maximum atomic E-state index is 14.7. The Kier molecular flexibility index (Phi) is 14.7. The van der Waals surface area contributed by atoms with Crippen molar-refractivity contribution in [3.63, 3.8) is 0 Å². The summed E-state index contributed by atoms with van der Waals surface area (Å²) >= 11 is 0. The number of carbonyl (C=O) groups excluding carboxylic acids is 3. The number of phenols is 1. The molecule has 0 saturated heterocycles. The van der Waals surface area contributed by atoms with Gasteiger partial charge >= 0.3 is 6.09 Å². The molecule has 3 unspecified atom stereocenters. The zero-order valence-corrected chi connectivity index (χ0v) is 28.2. The predicted molar refractivity (Wildman–Crippen MR) is 177 cm³/mol. The summed E-state index contributed by atoms with van der Waals surface area (Å²) in [5.41, 5.74) is 2.68. The van der Waals surface area contributed by atoms with Crippen molar-refractivity contribution in [3.05, 3.63) is 64.7 Å². The van der Waals surface area contributed by atoms with E-state index in [9.17, 15) is 19.5 Å². The molecule has 3 atom stereocenters. The van der Waals surface area contributed by atoms with Crippen LogP contribution in [0.2, 0.25) is 0 Å². The maximum Gasteiger partial charge on any atom is 0.408 e. The zero-order chi connectivity index (χ0) is 32.9. The fraction of sp³-hybridized carbons (Fsp3) is 0.583. The Bertz CT molecular complexity index is 1210. The first-order chi connectivity index (χ1) is 20.7. The average molecular weight is 610 g/mol. The van der Waals surface area contributed by atoms with E-state index in [1.54, 1.807) is 49.9 Å². The lowest BCUT2D eigenvalue weighted by molar-refractivity contribution is -0.142. The highest BCUT2D eigenvalue weighted by Gasteiger charge is 2.37. The van der Waals surface area contributed by atoms with Crippen LogP contribution >= 0.6 is 0 Å². The number of phenolic OH excluding ortho intramolecular Hbond substituents is 1. The van der Waals surface area contributed by atoms with Gasteiger partial charge in [-0.15, -0.1) is 0 Å². The second kappa shape index (κ2) is 17.7. The van der Waals surface area contributed by atoms with Crippen molar-refractivity contribution in [2.75, 3.05) is 6.54 Å². The number of alkyl carbamates (subject to hydrolysis) is 1. The van der Waals surface area contributed by atoms with Crippen molar-refractivity contribution in [1.82, 2.24) is 15.5 Å². The standard InChI is InChI=1S/C36H55N3O5/c1-9-11-12-13-14-22-39(32(33(41)37-27(5)15-10-2)30-23-25(3)16-17-26(30)4)34(42)31(38-35(43)44-36(6,7)8)24-28-18-20-29(40)21-19-28/h16-21,23,27,31-32,40H,9-15,22,24H2,1-8H3,(H,37,41)(H,38,43). The van der Waals surface area contributed by atoms with E-state index in [-0.39, 0.29) is 30.0 Å². The van der Waals surface area contributed by atoms with Crippen molar-refractivity contribution in [2.24, 2.45) is 0 Å². The third-order valence-electron chi connectivity index (χ3n) is 7.55. The average Bonchev–Trinajstić information content (AvgIpc) is 2.93. The second-order valence-electron chi connectivity index (χ2n) is 13.0. The molecule has 2 rings (SSSR count). The molecule has 0 heterocycles. The summed E-state index contributed by atoms with van der Waals surface area (Å²) < 4.78 is 5.55. The SMILES string of the molecule is CCCCCCCN(C(=O)C(Cc1ccc(O)cc1)NC(=O)OC(C)(C)C)C(C(=O)NC(C)CCC)c1cc(C)ccc1C. The Morgan fingerprint density at radius 1 is 0.909 bits per heavy atom. The molecule has 0 bridgehead atoms. The van der Waals surface area contributed by atoms with Crippen LogP contribution in [0.15, 0.2) is 42.5 Å². The largest absolute Gasteiger partial charge is 0.508 e. The Hall–Kier alpha value is -3.55. The molecule has 0 saturated carbocycles. The van der Waals surface area contributed by atoms with E-state index in [4.69, 9.17) is 4.74 Å². The van der Waals surface area contributed by atoms with Crippen molar-refractivity contribution in [2.45, 2.75) is 130 Å². The van der Waals surface area contributed by atoms with E-state index < -0.39 is 23.8 Å². The molecule has 0 aliphatic rings. The smallest absolute Gasteiger partial charge is 0.408 e. The lowest BCUT2D eigenvalue weighted by Gasteiger charge is -2.36. The number of benzene rings is 2. The van der Waals surface area contributed by atoms with Gasteiger partial charge in [-0.2, -0.15) is 0 Å². The van der Waals surface area contributed by atoms with Gasteiger partial charge in [0.2, 0.25) is 11.8 Å². The highest BCUT2D eigenvalue weighted by Crippen LogP contribution is 2.28. The normalized spacial score (nSPS) is 13.5. The van der Waals surface area contributed by atoms with Crippen LogP contribution in [0, 0.1) is 13.8 Å². The number of aromatic hydroxyl groups is 1. The number of nitrogens with one attached hydrogen (secondary N) is 2. The molecule has 0 radical (unpaired) electrons. The molecule has 244 valence electrons. The molecular formula is C36H55N3O5. The van der Waals surface area contributed by atoms with Crippen molar-refractivity contribution < 1.29 is 24.2 Å². The van der Waals surface area contributed by atoms with Crippen LogP contribution < -0.4 is 10.6 Å². The van der Waals surface area contributed by atoms with Crippen LogP contribution in [0.4, 0.5) is 4.79 Å². The van der Waals surface area contributed by atoms with Gasteiger partial charge in [0.25, 0.3) is 0 Å². The quantitative estimate of drug-likeness (QED) is 0.173. The lowest BCUT2D eigenvalue weighted by atomic mass is 9.94. The third kappa shape index (κ3) is 12.2. The molecule has 3 amide bonds. The van der Waals surface area contributed by atoms with E-state index in [1.165, 1.54) is 0 Å². The van der Waals surface area contributed by atoms with E-state index in [0.717, 1.165) is 67.2 Å². The van der Waals surface area contributed by atoms with Crippen molar-refractivity contribution in [1.29, 1.82) is 0 Å². The maximum absolute atomic E-state index is 14.7. The number of hydrogen-bond acceptors (Lipinski definition) is 5.